The van der Waals surface area contributed by atoms with Gasteiger partial charge in [-0.1, -0.05) is 0 Å². The highest BCUT2D eigenvalue weighted by Crippen LogP contribution is 2.38. The normalized spacial score (nSPS) is 23.0. The number of hydrogen-bond acceptors (Lipinski definition) is 8. The van der Waals surface area contributed by atoms with Crippen molar-refractivity contribution in [2.75, 3.05) is 45.7 Å². The highest BCUT2D eigenvalue weighted by atomic mass is 16.6. The number of pyridine rings is 2. The average Bonchev–Trinajstić information content (AvgIpc) is 3.58. The first-order chi connectivity index (χ1) is 23.6. The number of methoxy groups -OCH3 is 1. The fraction of sp³-hybridized carbons (Fsp3) is 0.605. The lowest BCUT2D eigenvalue weighted by atomic mass is 9.79. The number of anilines is 1. The van der Waals surface area contributed by atoms with Crippen LogP contribution in [0.25, 0.3) is 11.1 Å². The number of ether oxygens (including phenoxy) is 2. The summed E-state index contributed by atoms with van der Waals surface area (Å²) in [6.07, 6.45) is 12.3. The van der Waals surface area contributed by atoms with E-state index < -0.39 is 0 Å². The van der Waals surface area contributed by atoms with E-state index in [-0.39, 0.29) is 30.1 Å². The van der Waals surface area contributed by atoms with Crippen LogP contribution in [-0.4, -0.2) is 94.5 Å². The van der Waals surface area contributed by atoms with Gasteiger partial charge in [-0.15, -0.1) is 0 Å². The fourth-order valence-corrected chi connectivity index (χ4v) is 7.52. The van der Waals surface area contributed by atoms with Gasteiger partial charge < -0.3 is 19.3 Å². The Bertz CT molecular complexity index is 1580. The zero-order chi connectivity index (χ0) is 34.7. The molecule has 11 nitrogen and oxygen atoms in total. The number of carbonyl (C=O) groups is 2. The third-order valence-corrected chi connectivity index (χ3v) is 10.9. The molecular formula is C38H53N7O4. The van der Waals surface area contributed by atoms with E-state index in [0.29, 0.717) is 69.0 Å². The highest BCUT2D eigenvalue weighted by Gasteiger charge is 2.37. The van der Waals surface area contributed by atoms with Gasteiger partial charge in [-0.05, 0) is 122 Å². The van der Waals surface area contributed by atoms with Crippen molar-refractivity contribution in [2.24, 2.45) is 11.8 Å². The molecule has 1 aliphatic heterocycles. The molecule has 4 heterocycles. The van der Waals surface area contributed by atoms with E-state index in [1.807, 2.05) is 55.0 Å². The summed E-state index contributed by atoms with van der Waals surface area (Å²) < 4.78 is 13.3. The Morgan fingerprint density at radius 2 is 1.71 bits per heavy atom. The molecule has 0 N–H and O–H groups in total. The van der Waals surface area contributed by atoms with Crippen molar-refractivity contribution in [3.8, 4) is 16.9 Å². The molecule has 0 atom stereocenters. The van der Waals surface area contributed by atoms with Crippen LogP contribution in [0.1, 0.15) is 88.6 Å². The molecule has 0 unspecified atom stereocenters. The molecule has 49 heavy (non-hydrogen) atoms. The number of carbonyl (C=O) groups excluding carboxylic acids is 2. The van der Waals surface area contributed by atoms with Gasteiger partial charge in [-0.3, -0.25) is 19.4 Å². The predicted octanol–water partition coefficient (Wildman–Crippen LogP) is 6.49. The van der Waals surface area contributed by atoms with Gasteiger partial charge in [0.05, 0.1) is 19.0 Å². The number of amides is 2. The standard InChI is InChI=1S/C38H53N7O4/c1-25(2)45-22-31(20-40-45)30-17-18-39-36(19-30)44(21-27-7-9-28(10-8-27)34-15-16-35(48-6)26(3)41-34)37(46)29-11-13-33(14-12-29)49-38(47)43-23-32(24-43)42(4)5/h15-20,22,25,27-29,32-33H,7-14,21,23-24H2,1-6H3/t27-,28-,29-,33-. The van der Waals surface area contributed by atoms with Crippen LogP contribution in [-0.2, 0) is 9.53 Å². The maximum atomic E-state index is 14.4. The molecule has 0 radical (unpaired) electrons. The Morgan fingerprint density at radius 1 is 0.980 bits per heavy atom. The number of nitrogens with zero attached hydrogens (tertiary/aromatic N) is 7. The van der Waals surface area contributed by atoms with Crippen molar-refractivity contribution in [1.82, 2.24) is 29.5 Å². The smallest absolute Gasteiger partial charge is 0.410 e. The topological polar surface area (TPSA) is 106 Å². The van der Waals surface area contributed by atoms with Crippen LogP contribution in [0.15, 0.2) is 42.9 Å². The molecule has 2 aliphatic carbocycles. The minimum atomic E-state index is -0.230. The number of likely N-dealkylation sites (tertiary alicyclic amines) is 1. The summed E-state index contributed by atoms with van der Waals surface area (Å²) in [6, 6.07) is 8.80. The third kappa shape index (κ3) is 8.09. The lowest BCUT2D eigenvalue weighted by molar-refractivity contribution is -0.124. The molecule has 3 aromatic heterocycles. The second-order valence-corrected chi connectivity index (χ2v) is 14.8. The van der Waals surface area contributed by atoms with Crippen molar-refractivity contribution < 1.29 is 19.1 Å². The van der Waals surface area contributed by atoms with Crippen molar-refractivity contribution >= 4 is 17.8 Å². The molecule has 2 saturated carbocycles. The van der Waals surface area contributed by atoms with Crippen molar-refractivity contribution in [1.29, 1.82) is 0 Å². The SMILES string of the molecule is COc1ccc([C@H]2CC[C@H](CN(c3cc(-c4cnn(C(C)C)c4)ccn3)C(=O)[C@H]3CC[C@H](OC(=O)N4CC(N(C)C)C4)CC3)CC2)nc1C. The summed E-state index contributed by atoms with van der Waals surface area (Å²) in [4.78, 5) is 42.6. The van der Waals surface area contributed by atoms with E-state index in [4.69, 9.17) is 19.4 Å². The van der Waals surface area contributed by atoms with E-state index in [0.717, 1.165) is 53.9 Å². The van der Waals surface area contributed by atoms with Crippen LogP contribution in [0.5, 0.6) is 5.75 Å². The van der Waals surface area contributed by atoms with Crippen LogP contribution in [0.3, 0.4) is 0 Å². The number of likely N-dealkylation sites (N-methyl/N-ethyl adjacent to an activating group) is 1. The summed E-state index contributed by atoms with van der Waals surface area (Å²) in [5, 5.41) is 4.54. The van der Waals surface area contributed by atoms with Crippen molar-refractivity contribution in [2.45, 2.75) is 96.2 Å². The summed E-state index contributed by atoms with van der Waals surface area (Å²) >= 11 is 0. The quantitative estimate of drug-likeness (QED) is 0.241. The van der Waals surface area contributed by atoms with Gasteiger partial charge in [0.15, 0.2) is 0 Å². The van der Waals surface area contributed by atoms with Gasteiger partial charge in [0.1, 0.15) is 17.7 Å². The Balaban J connectivity index is 1.13. The van der Waals surface area contributed by atoms with Gasteiger partial charge in [0.25, 0.3) is 0 Å². The number of rotatable bonds is 10. The number of hydrogen-bond donors (Lipinski definition) is 0. The molecule has 0 aromatic carbocycles. The maximum Gasteiger partial charge on any atom is 0.410 e. The minimum absolute atomic E-state index is 0.124. The molecule has 0 bridgehead atoms. The monoisotopic (exact) mass is 671 g/mol. The Morgan fingerprint density at radius 3 is 2.35 bits per heavy atom. The molecule has 2 amide bonds. The summed E-state index contributed by atoms with van der Waals surface area (Å²) in [6.45, 7) is 8.26. The molecule has 1 saturated heterocycles. The van der Waals surface area contributed by atoms with E-state index >= 15 is 0 Å². The lowest BCUT2D eigenvalue weighted by Gasteiger charge is -2.42. The lowest BCUT2D eigenvalue weighted by Crippen LogP contribution is -2.59. The van der Waals surface area contributed by atoms with Crippen molar-refractivity contribution in [3.63, 3.8) is 0 Å². The predicted molar refractivity (Wildman–Crippen MR) is 190 cm³/mol. The van der Waals surface area contributed by atoms with E-state index in [9.17, 15) is 9.59 Å². The van der Waals surface area contributed by atoms with Crippen LogP contribution in [0.4, 0.5) is 10.6 Å². The van der Waals surface area contributed by atoms with Crippen LogP contribution in [0, 0.1) is 18.8 Å². The molecular weight excluding hydrogens is 618 g/mol. The van der Waals surface area contributed by atoms with Crippen molar-refractivity contribution in [3.05, 3.63) is 54.2 Å². The number of aromatic nitrogens is 4. The Kier molecular flexibility index (Phi) is 10.9. The molecule has 0 spiro atoms. The van der Waals surface area contributed by atoms with Gasteiger partial charge >= 0.3 is 6.09 Å². The van der Waals surface area contributed by atoms with Gasteiger partial charge in [-0.2, -0.15) is 5.10 Å². The van der Waals surface area contributed by atoms with E-state index in [2.05, 4.69) is 36.1 Å². The molecule has 6 rings (SSSR count). The molecule has 11 heteroatoms. The summed E-state index contributed by atoms with van der Waals surface area (Å²) in [7, 11) is 5.75. The Hall–Kier alpha value is -3.99. The minimum Gasteiger partial charge on any atom is -0.495 e. The van der Waals surface area contributed by atoms with Gasteiger partial charge in [0.2, 0.25) is 5.91 Å². The summed E-state index contributed by atoms with van der Waals surface area (Å²) in [5.74, 6) is 2.28. The first-order valence-electron chi connectivity index (χ1n) is 18.0. The van der Waals surface area contributed by atoms with Crippen LogP contribution < -0.4 is 9.64 Å². The molecule has 264 valence electrons. The van der Waals surface area contributed by atoms with Gasteiger partial charge in [0, 0.05) is 67.2 Å². The van der Waals surface area contributed by atoms with Gasteiger partial charge in [-0.25, -0.2) is 9.78 Å². The first-order valence-corrected chi connectivity index (χ1v) is 18.0. The molecule has 3 aromatic rings. The zero-order valence-electron chi connectivity index (χ0n) is 30.0. The average molecular weight is 672 g/mol. The maximum absolute atomic E-state index is 14.4. The Labute approximate surface area is 291 Å². The zero-order valence-corrected chi connectivity index (χ0v) is 30.0. The summed E-state index contributed by atoms with van der Waals surface area (Å²) in [5.41, 5.74) is 4.06. The highest BCUT2D eigenvalue weighted by molar-refractivity contribution is 5.94. The number of aryl methyl sites for hydroxylation is 1. The van der Waals surface area contributed by atoms with E-state index in [1.54, 1.807) is 18.2 Å². The first kappa shape index (κ1) is 34.9. The van der Waals surface area contributed by atoms with Crippen LogP contribution >= 0.6 is 0 Å². The second-order valence-electron chi connectivity index (χ2n) is 14.8. The van der Waals surface area contributed by atoms with E-state index in [1.165, 1.54) is 0 Å². The molecule has 3 aliphatic rings. The fourth-order valence-electron chi connectivity index (χ4n) is 7.52. The molecule has 3 fully saturated rings. The second kappa shape index (κ2) is 15.3. The largest absolute Gasteiger partial charge is 0.495 e. The third-order valence-electron chi connectivity index (χ3n) is 10.9. The van der Waals surface area contributed by atoms with Crippen LogP contribution in [0.2, 0.25) is 0 Å².